The van der Waals surface area contributed by atoms with Crippen LogP contribution in [0, 0.1) is 11.8 Å². The third-order valence-corrected chi connectivity index (χ3v) is 4.67. The van der Waals surface area contributed by atoms with Gasteiger partial charge >= 0.3 is 0 Å². The Morgan fingerprint density at radius 1 is 1.35 bits per heavy atom. The summed E-state index contributed by atoms with van der Waals surface area (Å²) in [6.45, 7) is 0. The molecule has 1 aromatic rings. The Hall–Kier alpha value is -1.31. The summed E-state index contributed by atoms with van der Waals surface area (Å²) in [6.07, 6.45) is 6.00. The molecule has 3 rings (SSSR count). The molecule has 2 atom stereocenters. The molecule has 2 unspecified atom stereocenters. The Labute approximate surface area is 102 Å². The Balaban J connectivity index is 2.02. The number of rotatable bonds is 4. The van der Waals surface area contributed by atoms with Gasteiger partial charge in [-0.3, -0.25) is 0 Å². The molecule has 0 N–H and O–H groups in total. The van der Waals surface area contributed by atoms with Crippen LogP contribution < -0.4 is 4.74 Å². The van der Waals surface area contributed by atoms with Gasteiger partial charge in [-0.05, 0) is 31.2 Å². The maximum Gasteiger partial charge on any atom is 0.124 e. The van der Waals surface area contributed by atoms with Gasteiger partial charge in [0.15, 0.2) is 0 Å². The van der Waals surface area contributed by atoms with E-state index in [1.165, 1.54) is 24.8 Å². The number of aldehydes is 1. The molecule has 1 aromatic carbocycles. The van der Waals surface area contributed by atoms with Gasteiger partial charge in [-0.15, -0.1) is 0 Å². The average Bonchev–Trinajstić information content (AvgIpc) is 3.02. The third kappa shape index (κ3) is 1.43. The zero-order chi connectivity index (χ0) is 11.9. The molecule has 2 aliphatic carbocycles. The predicted molar refractivity (Wildman–Crippen MR) is 66.2 cm³/mol. The SMILES string of the molecule is COc1ccccc1C1(C2CCC2)CC1C=O. The van der Waals surface area contributed by atoms with E-state index in [1.807, 2.05) is 12.1 Å². The molecule has 2 saturated carbocycles. The molecule has 0 amide bonds. The lowest BCUT2D eigenvalue weighted by Gasteiger charge is -2.35. The second-order valence-electron chi connectivity index (χ2n) is 5.32. The fraction of sp³-hybridized carbons (Fsp3) is 0.533. The normalized spacial score (nSPS) is 31.7. The highest BCUT2D eigenvalue weighted by Gasteiger charge is 2.61. The van der Waals surface area contributed by atoms with Crippen LogP contribution in [-0.4, -0.2) is 13.4 Å². The van der Waals surface area contributed by atoms with E-state index in [4.69, 9.17) is 4.74 Å². The minimum Gasteiger partial charge on any atom is -0.496 e. The summed E-state index contributed by atoms with van der Waals surface area (Å²) in [5.41, 5.74) is 1.36. The smallest absolute Gasteiger partial charge is 0.124 e. The number of ether oxygens (including phenoxy) is 1. The van der Waals surface area contributed by atoms with Crippen LogP contribution in [-0.2, 0) is 10.2 Å². The fourth-order valence-electron chi connectivity index (χ4n) is 3.43. The number of hydrogen-bond donors (Lipinski definition) is 0. The van der Waals surface area contributed by atoms with Crippen LogP contribution in [0.1, 0.15) is 31.2 Å². The summed E-state index contributed by atoms with van der Waals surface area (Å²) >= 11 is 0. The first kappa shape index (κ1) is 10.8. The van der Waals surface area contributed by atoms with Gasteiger partial charge < -0.3 is 9.53 Å². The molecule has 0 aromatic heterocycles. The minimum atomic E-state index is 0.104. The summed E-state index contributed by atoms with van der Waals surface area (Å²) < 4.78 is 5.47. The number of para-hydroxylation sites is 1. The summed E-state index contributed by atoms with van der Waals surface area (Å²) in [5, 5.41) is 0. The first-order valence-corrected chi connectivity index (χ1v) is 6.41. The van der Waals surface area contributed by atoms with Crippen molar-refractivity contribution in [1.29, 1.82) is 0 Å². The molecule has 0 aliphatic heterocycles. The van der Waals surface area contributed by atoms with Crippen LogP contribution in [0.4, 0.5) is 0 Å². The van der Waals surface area contributed by atoms with Gasteiger partial charge in [-0.2, -0.15) is 0 Å². The lowest BCUT2D eigenvalue weighted by molar-refractivity contribution is -0.109. The van der Waals surface area contributed by atoms with Crippen LogP contribution in [0.3, 0.4) is 0 Å². The highest BCUT2D eigenvalue weighted by atomic mass is 16.5. The van der Waals surface area contributed by atoms with Crippen LogP contribution in [0.15, 0.2) is 24.3 Å². The molecule has 17 heavy (non-hydrogen) atoms. The Morgan fingerprint density at radius 2 is 2.12 bits per heavy atom. The van der Waals surface area contributed by atoms with Gasteiger partial charge in [0.2, 0.25) is 0 Å². The quantitative estimate of drug-likeness (QED) is 0.743. The number of methoxy groups -OCH3 is 1. The van der Waals surface area contributed by atoms with Crippen molar-refractivity contribution in [2.45, 2.75) is 31.1 Å². The van der Waals surface area contributed by atoms with Gasteiger partial charge in [-0.1, -0.05) is 24.6 Å². The molecular weight excluding hydrogens is 212 g/mol. The van der Waals surface area contributed by atoms with Crippen molar-refractivity contribution in [3.8, 4) is 5.75 Å². The fourth-order valence-corrected chi connectivity index (χ4v) is 3.43. The lowest BCUT2D eigenvalue weighted by atomic mass is 9.69. The van der Waals surface area contributed by atoms with Gasteiger partial charge in [0.25, 0.3) is 0 Å². The van der Waals surface area contributed by atoms with Crippen molar-refractivity contribution in [1.82, 2.24) is 0 Å². The third-order valence-electron chi connectivity index (χ3n) is 4.67. The van der Waals surface area contributed by atoms with E-state index >= 15 is 0 Å². The van der Waals surface area contributed by atoms with Gasteiger partial charge in [0, 0.05) is 16.9 Å². The van der Waals surface area contributed by atoms with Crippen molar-refractivity contribution in [2.75, 3.05) is 7.11 Å². The molecule has 0 radical (unpaired) electrons. The maximum atomic E-state index is 11.2. The van der Waals surface area contributed by atoms with Crippen LogP contribution >= 0.6 is 0 Å². The zero-order valence-corrected chi connectivity index (χ0v) is 10.2. The Kier molecular flexibility index (Phi) is 2.46. The Bertz CT molecular complexity index is 436. The number of carbonyl (C=O) groups excluding carboxylic acids is 1. The molecule has 2 fully saturated rings. The molecule has 0 saturated heterocycles. The highest BCUT2D eigenvalue weighted by Crippen LogP contribution is 2.64. The van der Waals surface area contributed by atoms with Crippen LogP contribution in [0.5, 0.6) is 5.75 Å². The van der Waals surface area contributed by atoms with Gasteiger partial charge in [0.1, 0.15) is 12.0 Å². The van der Waals surface area contributed by atoms with Crippen LogP contribution in [0.25, 0.3) is 0 Å². The van der Waals surface area contributed by atoms with Crippen molar-refractivity contribution in [2.24, 2.45) is 11.8 Å². The Morgan fingerprint density at radius 3 is 2.65 bits per heavy atom. The van der Waals surface area contributed by atoms with Crippen molar-refractivity contribution < 1.29 is 9.53 Å². The average molecular weight is 230 g/mol. The van der Waals surface area contributed by atoms with Crippen molar-refractivity contribution in [3.63, 3.8) is 0 Å². The van der Waals surface area contributed by atoms with Crippen molar-refractivity contribution >= 4 is 6.29 Å². The second-order valence-corrected chi connectivity index (χ2v) is 5.32. The van der Waals surface area contributed by atoms with E-state index in [9.17, 15) is 4.79 Å². The molecular formula is C15H18O2. The number of carbonyl (C=O) groups is 1. The largest absolute Gasteiger partial charge is 0.496 e. The summed E-state index contributed by atoms with van der Waals surface area (Å²) in [7, 11) is 1.71. The van der Waals surface area contributed by atoms with E-state index in [2.05, 4.69) is 12.1 Å². The molecule has 90 valence electrons. The van der Waals surface area contributed by atoms with E-state index in [0.717, 1.165) is 18.5 Å². The van der Waals surface area contributed by atoms with E-state index in [1.54, 1.807) is 7.11 Å². The molecule has 0 heterocycles. The zero-order valence-electron chi connectivity index (χ0n) is 10.2. The highest BCUT2D eigenvalue weighted by molar-refractivity contribution is 5.66. The van der Waals surface area contributed by atoms with E-state index in [0.29, 0.717) is 5.92 Å². The van der Waals surface area contributed by atoms with Gasteiger partial charge in [0.05, 0.1) is 7.11 Å². The summed E-state index contributed by atoms with van der Waals surface area (Å²) in [6, 6.07) is 8.20. The summed E-state index contributed by atoms with van der Waals surface area (Å²) in [4.78, 5) is 11.2. The molecule has 2 heteroatoms. The topological polar surface area (TPSA) is 26.3 Å². The summed E-state index contributed by atoms with van der Waals surface area (Å²) in [5.74, 6) is 1.85. The molecule has 0 bridgehead atoms. The van der Waals surface area contributed by atoms with Gasteiger partial charge in [-0.25, -0.2) is 0 Å². The van der Waals surface area contributed by atoms with Crippen LogP contribution in [0.2, 0.25) is 0 Å². The first-order valence-electron chi connectivity index (χ1n) is 6.41. The first-order chi connectivity index (χ1) is 8.32. The minimum absolute atomic E-state index is 0.104. The molecule has 0 spiro atoms. The molecule has 2 aliphatic rings. The van der Waals surface area contributed by atoms with E-state index < -0.39 is 0 Å². The maximum absolute atomic E-state index is 11.2. The standard InChI is InChI=1S/C15H18O2/c1-17-14-8-3-2-7-13(14)15(9-12(15)10-16)11-5-4-6-11/h2-3,7-8,10-12H,4-6,9H2,1H3. The lowest BCUT2D eigenvalue weighted by Crippen LogP contribution is -2.29. The number of hydrogen-bond acceptors (Lipinski definition) is 2. The monoisotopic (exact) mass is 230 g/mol. The van der Waals surface area contributed by atoms with Crippen molar-refractivity contribution in [3.05, 3.63) is 29.8 Å². The number of benzene rings is 1. The molecule has 2 nitrogen and oxygen atoms in total. The van der Waals surface area contributed by atoms with E-state index in [-0.39, 0.29) is 11.3 Å². The second kappa shape index (κ2) is 3.86. The predicted octanol–water partition coefficient (Wildman–Crippen LogP) is 2.95.